The largest absolute Gasteiger partial charge is 0.486 e. The molecule has 1 heterocycles. The normalized spacial score (nSPS) is 20.5. The molecule has 0 spiro atoms. The maximum absolute atomic E-state index is 8.94. The lowest BCUT2D eigenvalue weighted by atomic mass is 10.0. The molecule has 1 atom stereocenters. The van der Waals surface area contributed by atoms with Gasteiger partial charge in [0.05, 0.1) is 12.3 Å². The summed E-state index contributed by atoms with van der Waals surface area (Å²) < 4.78 is 5.54. The van der Waals surface area contributed by atoms with Crippen molar-refractivity contribution in [3.8, 4) is 5.75 Å². The molecule has 70 valence electrons. The maximum Gasteiger partial charge on any atom is 0.145 e. The van der Waals surface area contributed by atoms with Crippen LogP contribution in [0.3, 0.4) is 0 Å². The highest BCUT2D eigenvalue weighted by atomic mass is 16.5. The third kappa shape index (κ3) is 1.47. The van der Waals surface area contributed by atoms with Crippen LogP contribution in [0.2, 0.25) is 0 Å². The second-order valence-corrected chi connectivity index (χ2v) is 3.30. The Bertz CT molecular complexity index is 312. The number of para-hydroxylation sites is 1. The van der Waals surface area contributed by atoms with E-state index in [-0.39, 0.29) is 12.7 Å². The minimum absolute atomic E-state index is 0.0633. The summed E-state index contributed by atoms with van der Waals surface area (Å²) in [5.74, 6) is 0.757. The van der Waals surface area contributed by atoms with E-state index in [4.69, 9.17) is 15.6 Å². The summed E-state index contributed by atoms with van der Waals surface area (Å²) >= 11 is 0. The summed E-state index contributed by atoms with van der Waals surface area (Å²) in [6.45, 7) is 0.0633. The van der Waals surface area contributed by atoms with Crippen LogP contribution in [0.5, 0.6) is 5.75 Å². The SMILES string of the molecule is Nc1cccc2c1OC(CO)CC2. The van der Waals surface area contributed by atoms with Gasteiger partial charge in [0, 0.05) is 0 Å². The number of nitrogens with two attached hydrogens (primary N) is 1. The fraction of sp³-hybridized carbons (Fsp3) is 0.400. The van der Waals surface area contributed by atoms with Gasteiger partial charge in [-0.15, -0.1) is 0 Å². The van der Waals surface area contributed by atoms with Gasteiger partial charge in [-0.05, 0) is 24.5 Å². The molecule has 1 aromatic rings. The highest BCUT2D eigenvalue weighted by Crippen LogP contribution is 2.32. The van der Waals surface area contributed by atoms with Crippen molar-refractivity contribution in [1.82, 2.24) is 0 Å². The summed E-state index contributed by atoms with van der Waals surface area (Å²) in [4.78, 5) is 0. The van der Waals surface area contributed by atoms with Crippen molar-refractivity contribution in [3.05, 3.63) is 23.8 Å². The first-order chi connectivity index (χ1) is 6.31. The Labute approximate surface area is 77.1 Å². The van der Waals surface area contributed by atoms with Crippen LogP contribution < -0.4 is 10.5 Å². The number of aliphatic hydroxyl groups is 1. The zero-order valence-corrected chi connectivity index (χ0v) is 7.36. The molecule has 1 aliphatic rings. The van der Waals surface area contributed by atoms with E-state index in [0.717, 1.165) is 24.2 Å². The van der Waals surface area contributed by atoms with Gasteiger partial charge in [0.15, 0.2) is 0 Å². The summed E-state index contributed by atoms with van der Waals surface area (Å²) in [5.41, 5.74) is 7.56. The van der Waals surface area contributed by atoms with E-state index in [9.17, 15) is 0 Å². The maximum atomic E-state index is 8.94. The average Bonchev–Trinajstić information content (AvgIpc) is 2.18. The van der Waals surface area contributed by atoms with Crippen molar-refractivity contribution >= 4 is 5.69 Å². The Morgan fingerprint density at radius 2 is 2.38 bits per heavy atom. The molecule has 0 amide bonds. The van der Waals surface area contributed by atoms with Crippen LogP contribution in [0, 0.1) is 0 Å². The summed E-state index contributed by atoms with van der Waals surface area (Å²) in [7, 11) is 0. The average molecular weight is 179 g/mol. The van der Waals surface area contributed by atoms with E-state index in [2.05, 4.69) is 0 Å². The molecule has 3 N–H and O–H groups in total. The molecule has 0 aromatic heterocycles. The second kappa shape index (κ2) is 3.26. The van der Waals surface area contributed by atoms with Crippen LogP contribution in [0.4, 0.5) is 5.69 Å². The molecule has 0 aliphatic carbocycles. The zero-order chi connectivity index (χ0) is 9.26. The highest BCUT2D eigenvalue weighted by Gasteiger charge is 2.20. The minimum atomic E-state index is -0.0859. The number of ether oxygens (including phenoxy) is 1. The lowest BCUT2D eigenvalue weighted by molar-refractivity contribution is 0.0986. The van der Waals surface area contributed by atoms with Gasteiger partial charge in [-0.1, -0.05) is 12.1 Å². The number of hydrogen-bond acceptors (Lipinski definition) is 3. The number of benzene rings is 1. The standard InChI is InChI=1S/C10H13NO2/c11-9-3-1-2-7-4-5-8(6-12)13-10(7)9/h1-3,8,12H,4-6,11H2. The van der Waals surface area contributed by atoms with Crippen LogP contribution >= 0.6 is 0 Å². The van der Waals surface area contributed by atoms with Gasteiger partial charge in [0.25, 0.3) is 0 Å². The minimum Gasteiger partial charge on any atom is -0.486 e. The molecule has 0 saturated heterocycles. The number of anilines is 1. The number of aliphatic hydroxyl groups excluding tert-OH is 1. The second-order valence-electron chi connectivity index (χ2n) is 3.30. The molecule has 2 rings (SSSR count). The van der Waals surface area contributed by atoms with Crippen molar-refractivity contribution in [1.29, 1.82) is 0 Å². The molecule has 13 heavy (non-hydrogen) atoms. The summed E-state index contributed by atoms with van der Waals surface area (Å²) in [6.07, 6.45) is 1.72. The lowest BCUT2D eigenvalue weighted by Crippen LogP contribution is -2.26. The number of rotatable bonds is 1. The summed E-state index contributed by atoms with van der Waals surface area (Å²) in [6, 6.07) is 5.76. The number of nitrogen functional groups attached to an aromatic ring is 1. The summed E-state index contributed by atoms with van der Waals surface area (Å²) in [5, 5.41) is 8.94. The van der Waals surface area contributed by atoms with Crippen LogP contribution in [-0.2, 0) is 6.42 Å². The zero-order valence-electron chi connectivity index (χ0n) is 7.36. The topological polar surface area (TPSA) is 55.5 Å². The van der Waals surface area contributed by atoms with E-state index in [0.29, 0.717) is 5.69 Å². The van der Waals surface area contributed by atoms with Crippen molar-refractivity contribution in [2.75, 3.05) is 12.3 Å². The predicted molar refractivity (Wildman–Crippen MR) is 50.7 cm³/mol. The van der Waals surface area contributed by atoms with Crippen LogP contribution in [0.1, 0.15) is 12.0 Å². The molecule has 1 unspecified atom stereocenters. The van der Waals surface area contributed by atoms with Crippen LogP contribution in [0.25, 0.3) is 0 Å². The van der Waals surface area contributed by atoms with Gasteiger partial charge >= 0.3 is 0 Å². The van der Waals surface area contributed by atoms with Crippen LogP contribution in [0.15, 0.2) is 18.2 Å². The van der Waals surface area contributed by atoms with Crippen LogP contribution in [-0.4, -0.2) is 17.8 Å². The third-order valence-corrected chi connectivity index (χ3v) is 2.35. The molecule has 0 fully saturated rings. The smallest absolute Gasteiger partial charge is 0.145 e. The van der Waals surface area contributed by atoms with E-state index < -0.39 is 0 Å². The number of fused-ring (bicyclic) bond motifs is 1. The molecular weight excluding hydrogens is 166 g/mol. The van der Waals surface area contributed by atoms with Gasteiger partial charge in [0.2, 0.25) is 0 Å². The van der Waals surface area contributed by atoms with E-state index in [1.165, 1.54) is 0 Å². The Morgan fingerprint density at radius 1 is 1.54 bits per heavy atom. The fourth-order valence-corrected chi connectivity index (χ4v) is 1.62. The van der Waals surface area contributed by atoms with Crippen molar-refractivity contribution in [3.63, 3.8) is 0 Å². The molecule has 3 heteroatoms. The quantitative estimate of drug-likeness (QED) is 0.631. The van der Waals surface area contributed by atoms with Crippen molar-refractivity contribution in [2.24, 2.45) is 0 Å². The van der Waals surface area contributed by atoms with Gasteiger partial charge in [-0.25, -0.2) is 0 Å². The Balaban J connectivity index is 2.32. The first-order valence-corrected chi connectivity index (χ1v) is 4.46. The van der Waals surface area contributed by atoms with E-state index in [1.54, 1.807) is 0 Å². The molecule has 1 aromatic carbocycles. The molecule has 0 saturated carbocycles. The van der Waals surface area contributed by atoms with Gasteiger partial charge < -0.3 is 15.6 Å². The first-order valence-electron chi connectivity index (χ1n) is 4.46. The van der Waals surface area contributed by atoms with Gasteiger partial charge in [0.1, 0.15) is 11.9 Å². The highest BCUT2D eigenvalue weighted by molar-refractivity contribution is 5.57. The van der Waals surface area contributed by atoms with Gasteiger partial charge in [-0.2, -0.15) is 0 Å². The molecular formula is C10H13NO2. The lowest BCUT2D eigenvalue weighted by Gasteiger charge is -2.25. The van der Waals surface area contributed by atoms with Crippen molar-refractivity contribution < 1.29 is 9.84 Å². The predicted octanol–water partition coefficient (Wildman–Crippen LogP) is 0.955. The third-order valence-electron chi connectivity index (χ3n) is 2.35. The van der Waals surface area contributed by atoms with Crippen molar-refractivity contribution in [2.45, 2.75) is 18.9 Å². The number of aryl methyl sites for hydroxylation is 1. The van der Waals surface area contributed by atoms with E-state index in [1.807, 2.05) is 18.2 Å². The van der Waals surface area contributed by atoms with Gasteiger partial charge in [-0.3, -0.25) is 0 Å². The Kier molecular flexibility index (Phi) is 2.10. The molecule has 1 aliphatic heterocycles. The first kappa shape index (κ1) is 8.38. The molecule has 0 radical (unpaired) electrons. The monoisotopic (exact) mass is 179 g/mol. The Hall–Kier alpha value is -1.22. The Morgan fingerprint density at radius 3 is 3.15 bits per heavy atom. The van der Waals surface area contributed by atoms with E-state index >= 15 is 0 Å². The number of hydrogen-bond donors (Lipinski definition) is 2. The molecule has 3 nitrogen and oxygen atoms in total. The molecule has 0 bridgehead atoms. The fourth-order valence-electron chi connectivity index (χ4n) is 1.62.